The quantitative estimate of drug-likeness (QED) is 0.167. The molecule has 2 aliphatic heterocycles. The van der Waals surface area contributed by atoms with Crippen LogP contribution in [0.15, 0.2) is 163 Å². The summed E-state index contributed by atoms with van der Waals surface area (Å²) in [4.78, 5) is 1.34. The highest BCUT2D eigenvalue weighted by molar-refractivity contribution is 8.00. The molecule has 0 bridgehead atoms. The summed E-state index contributed by atoms with van der Waals surface area (Å²) in [5, 5.41) is 17.2. The molecule has 6 aromatic rings. The predicted octanol–water partition coefficient (Wildman–Crippen LogP) is 10.6. The summed E-state index contributed by atoms with van der Waals surface area (Å²) < 4.78 is 0. The molecule has 0 radical (unpaired) electrons. The Kier molecular flexibility index (Phi) is 7.18. The van der Waals surface area contributed by atoms with Gasteiger partial charge in [0.05, 0.1) is 17.1 Å². The average Bonchev–Trinajstić information content (AvgIpc) is 3.60. The zero-order valence-corrected chi connectivity index (χ0v) is 26.8. The van der Waals surface area contributed by atoms with Crippen LogP contribution < -0.4 is 16.0 Å². The Bertz CT molecular complexity index is 2200. The number of thioether (sulfide) groups is 1. The minimum absolute atomic E-state index is 0.0188. The molecule has 0 saturated heterocycles. The van der Waals surface area contributed by atoms with Crippen LogP contribution in [0, 0.1) is 5.92 Å². The minimum Gasteiger partial charge on any atom is -0.371 e. The molecule has 3 aliphatic rings. The molecule has 1 aliphatic carbocycles. The molecule has 0 saturated carbocycles. The largest absolute Gasteiger partial charge is 0.371 e. The third-order valence-corrected chi connectivity index (χ3v) is 11.0. The molecule has 228 valence electrons. The molecule has 0 fully saturated rings. The molecular weight excluding hydrogens is 591 g/mol. The molecule has 3 N–H and O–H groups in total. The van der Waals surface area contributed by atoms with Crippen molar-refractivity contribution in [2.45, 2.75) is 28.9 Å². The van der Waals surface area contributed by atoms with E-state index in [2.05, 4.69) is 174 Å². The summed E-state index contributed by atoms with van der Waals surface area (Å²) >= 11 is 1.97. The van der Waals surface area contributed by atoms with Gasteiger partial charge in [-0.2, -0.15) is 0 Å². The van der Waals surface area contributed by atoms with Gasteiger partial charge in [0, 0.05) is 21.9 Å². The van der Waals surface area contributed by atoms with Gasteiger partial charge in [-0.1, -0.05) is 151 Å². The predicted molar refractivity (Wildman–Crippen MR) is 199 cm³/mol. The van der Waals surface area contributed by atoms with Gasteiger partial charge in [0.15, 0.2) is 0 Å². The third-order valence-electron chi connectivity index (χ3n) is 9.71. The van der Waals surface area contributed by atoms with E-state index in [4.69, 9.17) is 0 Å². The fourth-order valence-electron chi connectivity index (χ4n) is 7.35. The molecule has 0 amide bonds. The number of benzene rings is 6. The maximum Gasteiger partial charge on any atom is 0.104 e. The second-order valence-corrected chi connectivity index (χ2v) is 13.8. The normalized spacial score (nSPS) is 21.7. The van der Waals surface area contributed by atoms with Crippen molar-refractivity contribution in [2.75, 3.05) is 5.32 Å². The van der Waals surface area contributed by atoms with E-state index in [0.717, 1.165) is 12.1 Å². The number of fused-ring (bicyclic) bond motifs is 5. The summed E-state index contributed by atoms with van der Waals surface area (Å²) in [6.45, 7) is 0. The first-order valence-corrected chi connectivity index (χ1v) is 17.4. The van der Waals surface area contributed by atoms with Crippen molar-refractivity contribution in [1.29, 1.82) is 0 Å². The molecule has 4 heteroatoms. The van der Waals surface area contributed by atoms with Crippen molar-refractivity contribution in [3.05, 3.63) is 174 Å². The van der Waals surface area contributed by atoms with Crippen LogP contribution in [0.25, 0.3) is 38.4 Å². The minimum atomic E-state index is -0.0742. The Morgan fingerprint density at radius 1 is 0.660 bits per heavy atom. The van der Waals surface area contributed by atoms with E-state index < -0.39 is 0 Å². The van der Waals surface area contributed by atoms with Crippen LogP contribution in [0.3, 0.4) is 0 Å². The summed E-state index contributed by atoms with van der Waals surface area (Å²) in [6, 6.07) is 46.3. The van der Waals surface area contributed by atoms with Gasteiger partial charge in [0.1, 0.15) is 6.17 Å². The summed E-state index contributed by atoms with van der Waals surface area (Å²) in [5.41, 5.74) is 8.55. The van der Waals surface area contributed by atoms with Gasteiger partial charge in [-0.15, -0.1) is 0 Å². The Morgan fingerprint density at radius 2 is 1.43 bits per heavy atom. The zero-order chi connectivity index (χ0) is 31.2. The molecule has 4 unspecified atom stereocenters. The van der Waals surface area contributed by atoms with Gasteiger partial charge in [0.25, 0.3) is 0 Å². The number of rotatable bonds is 5. The first-order valence-electron chi connectivity index (χ1n) is 16.5. The number of nitrogens with one attached hydrogen (secondary N) is 3. The lowest BCUT2D eigenvalue weighted by atomic mass is 9.91. The monoisotopic (exact) mass is 625 g/mol. The third kappa shape index (κ3) is 5.24. The first kappa shape index (κ1) is 28.2. The lowest BCUT2D eigenvalue weighted by Gasteiger charge is -2.34. The number of anilines is 1. The van der Waals surface area contributed by atoms with Gasteiger partial charge in [-0.25, -0.2) is 0 Å². The van der Waals surface area contributed by atoms with Gasteiger partial charge in [0.2, 0.25) is 0 Å². The van der Waals surface area contributed by atoms with E-state index in [1.54, 1.807) is 0 Å². The van der Waals surface area contributed by atoms with Crippen LogP contribution in [0.5, 0.6) is 0 Å². The van der Waals surface area contributed by atoms with Gasteiger partial charge < -0.3 is 10.6 Å². The van der Waals surface area contributed by atoms with Crippen molar-refractivity contribution < 1.29 is 0 Å². The second kappa shape index (κ2) is 12.0. The van der Waals surface area contributed by atoms with E-state index in [1.807, 2.05) is 11.8 Å². The fraction of sp³-hybridized carbons (Fsp3) is 0.116. The Hall–Kier alpha value is -5.03. The first-order chi connectivity index (χ1) is 23.3. The number of hydrogen-bond acceptors (Lipinski definition) is 4. The Labute approximate surface area is 280 Å². The average molecular weight is 626 g/mol. The molecule has 4 atom stereocenters. The molecule has 0 spiro atoms. The highest BCUT2D eigenvalue weighted by atomic mass is 32.2. The van der Waals surface area contributed by atoms with E-state index in [0.29, 0.717) is 11.3 Å². The topological polar surface area (TPSA) is 36.1 Å². The van der Waals surface area contributed by atoms with E-state index in [-0.39, 0.29) is 12.2 Å². The van der Waals surface area contributed by atoms with E-state index in [9.17, 15) is 0 Å². The molecule has 47 heavy (non-hydrogen) atoms. The standard InChI is InChI=1S/C43H35N3S/c1-4-12-28(13-5-1)34-18-10-11-19-36(34)38-27-37(29-14-6-2-7-15-29)44-42(45-38)33-22-24-35-32(26-33)21-20-30-23-25-39-41(40(30)35)46-43(47-39)31-16-8-3-9-17-31/h1-16,18-27,31,38,42-46H,17H2. The van der Waals surface area contributed by atoms with Crippen LogP contribution in [0.2, 0.25) is 0 Å². The fourth-order valence-corrected chi connectivity index (χ4v) is 8.60. The van der Waals surface area contributed by atoms with Crippen LogP contribution in [0.4, 0.5) is 5.69 Å². The molecule has 0 aromatic heterocycles. The summed E-state index contributed by atoms with van der Waals surface area (Å²) in [5.74, 6) is 0.490. The van der Waals surface area contributed by atoms with Gasteiger partial charge >= 0.3 is 0 Å². The lowest BCUT2D eigenvalue weighted by molar-refractivity contribution is 0.443. The summed E-state index contributed by atoms with van der Waals surface area (Å²) in [6.07, 6.45) is 12.3. The molecule has 2 heterocycles. The van der Waals surface area contributed by atoms with Crippen molar-refractivity contribution >= 4 is 44.7 Å². The van der Waals surface area contributed by atoms with Gasteiger partial charge in [-0.3, -0.25) is 5.32 Å². The second-order valence-electron chi connectivity index (χ2n) is 12.6. The maximum atomic E-state index is 3.97. The van der Waals surface area contributed by atoms with E-state index in [1.165, 1.54) is 59.9 Å². The van der Waals surface area contributed by atoms with Crippen molar-refractivity contribution in [3.8, 4) is 11.1 Å². The number of allylic oxidation sites excluding steroid dienone is 3. The highest BCUT2D eigenvalue weighted by Gasteiger charge is 2.30. The van der Waals surface area contributed by atoms with Crippen LogP contribution in [-0.2, 0) is 0 Å². The van der Waals surface area contributed by atoms with Gasteiger partial charge in [-0.05, 0) is 68.6 Å². The molecule has 6 aromatic carbocycles. The maximum absolute atomic E-state index is 3.97. The van der Waals surface area contributed by atoms with Crippen molar-refractivity contribution in [1.82, 2.24) is 10.6 Å². The van der Waals surface area contributed by atoms with Crippen LogP contribution >= 0.6 is 11.8 Å². The van der Waals surface area contributed by atoms with Crippen molar-refractivity contribution in [2.24, 2.45) is 5.92 Å². The molecule has 9 rings (SSSR count). The Morgan fingerprint density at radius 3 is 2.26 bits per heavy atom. The molecule has 3 nitrogen and oxygen atoms in total. The highest BCUT2D eigenvalue weighted by Crippen LogP contribution is 2.48. The SMILES string of the molecule is C1=CCC(C2Nc3c(ccc4ccc5cc(C6NC(c7ccccc7)=CC(c7ccccc7-c7ccccc7)N6)ccc5c34)S2)C=C1. The smallest absolute Gasteiger partial charge is 0.104 e. The molecular formula is C43H35N3S. The van der Waals surface area contributed by atoms with Crippen molar-refractivity contribution in [3.63, 3.8) is 0 Å². The summed E-state index contributed by atoms with van der Waals surface area (Å²) in [7, 11) is 0. The van der Waals surface area contributed by atoms with Crippen LogP contribution in [-0.4, -0.2) is 5.37 Å². The van der Waals surface area contributed by atoms with Crippen LogP contribution in [0.1, 0.15) is 35.3 Å². The Balaban J connectivity index is 1.10. The zero-order valence-electron chi connectivity index (χ0n) is 25.9. The lowest BCUT2D eigenvalue weighted by Crippen LogP contribution is -2.39. The van der Waals surface area contributed by atoms with E-state index >= 15 is 0 Å². The number of hydrogen-bond donors (Lipinski definition) is 3.